The summed E-state index contributed by atoms with van der Waals surface area (Å²) < 4.78 is 11.7. The molecule has 0 saturated heterocycles. The van der Waals surface area contributed by atoms with Gasteiger partial charge >= 0.3 is 5.97 Å². The molecule has 3 aromatic carbocycles. The molecule has 0 aliphatic heterocycles. The fourth-order valence-corrected chi connectivity index (χ4v) is 5.89. The van der Waals surface area contributed by atoms with E-state index in [4.69, 9.17) is 9.47 Å². The van der Waals surface area contributed by atoms with Crippen molar-refractivity contribution in [3.63, 3.8) is 0 Å². The SMILES string of the molecule is CCOC(=O)c1ccc(-c2ccc(OCC(CC)NC3CC3)c(-c3ccc4c(c3)C(C)(C)CCC4(C)C)c2)cc1. The lowest BCUT2D eigenvalue weighted by molar-refractivity contribution is 0.0526. The number of carbonyl (C=O) groups excluding carboxylic acids is 1. The maximum absolute atomic E-state index is 12.2. The Morgan fingerprint density at radius 1 is 0.850 bits per heavy atom. The van der Waals surface area contributed by atoms with E-state index in [9.17, 15) is 4.79 Å². The first-order valence-corrected chi connectivity index (χ1v) is 15.1. The first-order valence-electron chi connectivity index (χ1n) is 15.1. The van der Waals surface area contributed by atoms with Gasteiger partial charge in [0.2, 0.25) is 0 Å². The average Bonchev–Trinajstić information content (AvgIpc) is 3.78. The molecule has 1 saturated carbocycles. The molecule has 0 heterocycles. The number of esters is 1. The lowest BCUT2D eigenvalue weighted by Crippen LogP contribution is -2.35. The minimum Gasteiger partial charge on any atom is -0.491 e. The maximum atomic E-state index is 12.2. The van der Waals surface area contributed by atoms with Crippen molar-refractivity contribution in [1.29, 1.82) is 0 Å². The minimum absolute atomic E-state index is 0.129. The number of rotatable bonds is 10. The van der Waals surface area contributed by atoms with Crippen LogP contribution in [0.2, 0.25) is 0 Å². The number of benzene rings is 3. The van der Waals surface area contributed by atoms with Crippen LogP contribution in [0.25, 0.3) is 22.3 Å². The Bertz CT molecular complexity index is 1350. The molecular formula is C36H45NO3. The summed E-state index contributed by atoms with van der Waals surface area (Å²) in [6, 6.07) is 22.2. The second-order valence-corrected chi connectivity index (χ2v) is 12.9. The third-order valence-corrected chi connectivity index (χ3v) is 8.85. The van der Waals surface area contributed by atoms with Crippen LogP contribution in [0.1, 0.15) is 95.1 Å². The van der Waals surface area contributed by atoms with Gasteiger partial charge in [0, 0.05) is 17.6 Å². The summed E-state index contributed by atoms with van der Waals surface area (Å²) in [6.45, 7) is 14.6. The monoisotopic (exact) mass is 539 g/mol. The van der Waals surface area contributed by atoms with Crippen LogP contribution in [0, 0.1) is 0 Å². The highest BCUT2D eigenvalue weighted by Crippen LogP contribution is 2.47. The lowest BCUT2D eigenvalue weighted by Gasteiger charge is -2.42. The standard InChI is InChI=1S/C36H45NO3/c1-7-28(37-29-15-16-29)23-40-33-18-14-26(24-9-11-25(12-10-24)34(38)39-8-2)21-30(33)27-13-17-31-32(22-27)36(5,6)20-19-35(31,3)4/h9-14,17-18,21-22,28-29,37H,7-8,15-16,19-20,23H2,1-6H3. The zero-order chi connectivity index (χ0) is 28.5. The number of carbonyl (C=O) groups is 1. The van der Waals surface area contributed by atoms with Crippen molar-refractivity contribution in [1.82, 2.24) is 5.32 Å². The van der Waals surface area contributed by atoms with Gasteiger partial charge in [-0.05, 0) is 102 Å². The molecule has 0 amide bonds. The van der Waals surface area contributed by atoms with Gasteiger partial charge in [0.15, 0.2) is 0 Å². The van der Waals surface area contributed by atoms with Crippen LogP contribution in [0.4, 0.5) is 0 Å². The second kappa shape index (κ2) is 11.4. The third kappa shape index (κ3) is 6.12. The van der Waals surface area contributed by atoms with Crippen LogP contribution < -0.4 is 10.1 Å². The van der Waals surface area contributed by atoms with Crippen LogP contribution in [0.3, 0.4) is 0 Å². The number of hydrogen-bond acceptors (Lipinski definition) is 4. The van der Waals surface area contributed by atoms with E-state index in [1.54, 1.807) is 0 Å². The van der Waals surface area contributed by atoms with Crippen LogP contribution in [-0.2, 0) is 15.6 Å². The lowest BCUT2D eigenvalue weighted by atomic mass is 9.63. The smallest absolute Gasteiger partial charge is 0.338 e. The van der Waals surface area contributed by atoms with E-state index in [1.165, 1.54) is 42.4 Å². The third-order valence-electron chi connectivity index (χ3n) is 8.85. The zero-order valence-electron chi connectivity index (χ0n) is 25.1. The van der Waals surface area contributed by atoms with Crippen LogP contribution in [0.15, 0.2) is 60.7 Å². The Balaban J connectivity index is 1.53. The average molecular weight is 540 g/mol. The van der Waals surface area contributed by atoms with Crippen LogP contribution >= 0.6 is 0 Å². The predicted octanol–water partition coefficient (Wildman–Crippen LogP) is 8.46. The molecule has 2 aliphatic carbocycles. The molecule has 0 radical (unpaired) electrons. The predicted molar refractivity (Wildman–Crippen MR) is 164 cm³/mol. The van der Waals surface area contributed by atoms with Gasteiger partial charge in [0.1, 0.15) is 12.4 Å². The maximum Gasteiger partial charge on any atom is 0.338 e. The van der Waals surface area contributed by atoms with Gasteiger partial charge in [-0.15, -0.1) is 0 Å². The first kappa shape index (κ1) is 28.4. The van der Waals surface area contributed by atoms with Gasteiger partial charge in [0.25, 0.3) is 0 Å². The van der Waals surface area contributed by atoms with Gasteiger partial charge in [0.05, 0.1) is 12.2 Å². The summed E-state index contributed by atoms with van der Waals surface area (Å²) in [7, 11) is 0. The second-order valence-electron chi connectivity index (χ2n) is 12.9. The first-order chi connectivity index (χ1) is 19.1. The van der Waals surface area contributed by atoms with Crippen LogP contribution in [0.5, 0.6) is 5.75 Å². The Morgan fingerprint density at radius 3 is 2.15 bits per heavy atom. The summed E-state index contributed by atoms with van der Waals surface area (Å²) in [4.78, 5) is 12.2. The Labute approximate surface area is 240 Å². The van der Waals surface area contributed by atoms with E-state index in [0.29, 0.717) is 30.9 Å². The minimum atomic E-state index is -0.289. The number of nitrogens with one attached hydrogen (secondary N) is 1. The molecule has 1 atom stereocenters. The summed E-state index contributed by atoms with van der Waals surface area (Å²) in [5.74, 6) is 0.624. The molecule has 2 aliphatic rings. The van der Waals surface area contributed by atoms with Crippen molar-refractivity contribution in [2.75, 3.05) is 13.2 Å². The molecule has 4 nitrogen and oxygen atoms in total. The van der Waals surface area contributed by atoms with E-state index in [2.05, 4.69) is 76.3 Å². The molecule has 0 bridgehead atoms. The van der Waals surface area contributed by atoms with Crippen molar-refractivity contribution in [3.8, 4) is 28.0 Å². The molecular weight excluding hydrogens is 494 g/mol. The van der Waals surface area contributed by atoms with Gasteiger partial charge < -0.3 is 14.8 Å². The largest absolute Gasteiger partial charge is 0.491 e. The molecule has 0 aromatic heterocycles. The Kier molecular flexibility index (Phi) is 8.10. The molecule has 40 heavy (non-hydrogen) atoms. The molecule has 212 valence electrons. The highest BCUT2D eigenvalue weighted by atomic mass is 16.5. The van der Waals surface area contributed by atoms with Gasteiger partial charge in [-0.25, -0.2) is 4.79 Å². The quantitative estimate of drug-likeness (QED) is 0.263. The number of ether oxygens (including phenoxy) is 2. The fraction of sp³-hybridized carbons (Fsp3) is 0.472. The molecule has 1 unspecified atom stereocenters. The molecule has 1 fully saturated rings. The molecule has 4 heteroatoms. The Morgan fingerprint density at radius 2 is 1.50 bits per heavy atom. The molecule has 1 N–H and O–H groups in total. The Hall–Kier alpha value is -3.11. The van der Waals surface area contributed by atoms with E-state index < -0.39 is 0 Å². The van der Waals surface area contributed by atoms with Gasteiger partial charge in [-0.3, -0.25) is 0 Å². The van der Waals surface area contributed by atoms with Crippen molar-refractivity contribution in [2.45, 2.75) is 96.6 Å². The molecule has 5 rings (SSSR count). The van der Waals surface area contributed by atoms with E-state index in [-0.39, 0.29) is 16.8 Å². The highest BCUT2D eigenvalue weighted by molar-refractivity contribution is 5.90. The van der Waals surface area contributed by atoms with Gasteiger partial charge in [-0.2, -0.15) is 0 Å². The van der Waals surface area contributed by atoms with E-state index >= 15 is 0 Å². The number of hydrogen-bond donors (Lipinski definition) is 1. The van der Waals surface area contributed by atoms with Crippen LogP contribution in [-0.4, -0.2) is 31.3 Å². The van der Waals surface area contributed by atoms with Crippen molar-refractivity contribution in [3.05, 3.63) is 77.4 Å². The summed E-state index contributed by atoms with van der Waals surface area (Å²) >= 11 is 0. The topological polar surface area (TPSA) is 47.6 Å². The van der Waals surface area contributed by atoms with E-state index in [1.807, 2.05) is 31.2 Å². The van der Waals surface area contributed by atoms with Crippen molar-refractivity contribution >= 4 is 5.97 Å². The van der Waals surface area contributed by atoms with E-state index in [0.717, 1.165) is 28.9 Å². The summed E-state index contributed by atoms with van der Waals surface area (Å²) in [5, 5.41) is 3.73. The van der Waals surface area contributed by atoms with Crippen molar-refractivity contribution in [2.24, 2.45) is 0 Å². The number of fused-ring (bicyclic) bond motifs is 1. The summed E-state index contributed by atoms with van der Waals surface area (Å²) in [6.07, 6.45) is 5.96. The molecule has 0 spiro atoms. The van der Waals surface area contributed by atoms with Crippen molar-refractivity contribution < 1.29 is 14.3 Å². The highest BCUT2D eigenvalue weighted by Gasteiger charge is 2.37. The normalized spacial score (nSPS) is 18.1. The zero-order valence-corrected chi connectivity index (χ0v) is 25.1. The molecule has 3 aromatic rings. The summed E-state index contributed by atoms with van der Waals surface area (Å²) in [5.41, 5.74) is 8.22. The van der Waals surface area contributed by atoms with Gasteiger partial charge in [-0.1, -0.05) is 71.0 Å². The fourth-order valence-electron chi connectivity index (χ4n) is 5.89.